The largest absolute Gasteiger partial charge is 0.411 e. The summed E-state index contributed by atoms with van der Waals surface area (Å²) in [6, 6.07) is 7.62. The molecule has 2 aromatic rings. The normalized spacial score (nSPS) is 13.8. The van der Waals surface area contributed by atoms with Gasteiger partial charge in [0.1, 0.15) is 13.3 Å². The number of rotatable bonds is 5. The average molecular weight is 286 g/mol. The highest BCUT2D eigenvalue weighted by Crippen LogP contribution is 2.22. The second-order valence-corrected chi connectivity index (χ2v) is 4.91. The molecule has 0 saturated heterocycles. The molecule has 0 aliphatic rings. The van der Waals surface area contributed by atoms with Gasteiger partial charge in [-0.2, -0.15) is 13.2 Å². The summed E-state index contributed by atoms with van der Waals surface area (Å²) in [5.74, 6) is 0. The molecule has 1 unspecified atom stereocenters. The first-order valence-electron chi connectivity index (χ1n) is 6.33. The molecular formula is C14H17F3N2O. The van der Waals surface area contributed by atoms with E-state index in [0.717, 1.165) is 22.9 Å². The van der Waals surface area contributed by atoms with Gasteiger partial charge in [-0.15, -0.1) is 0 Å². The van der Waals surface area contributed by atoms with Crippen LogP contribution < -0.4 is 5.73 Å². The number of aromatic nitrogens is 1. The van der Waals surface area contributed by atoms with E-state index < -0.39 is 12.8 Å². The highest BCUT2D eigenvalue weighted by molar-refractivity contribution is 5.83. The molecule has 0 aliphatic carbocycles. The van der Waals surface area contributed by atoms with Crippen molar-refractivity contribution in [1.82, 2.24) is 4.57 Å². The van der Waals surface area contributed by atoms with Gasteiger partial charge in [0.25, 0.3) is 0 Å². The molecule has 1 heterocycles. The lowest BCUT2D eigenvalue weighted by Crippen LogP contribution is -2.18. The lowest BCUT2D eigenvalue weighted by atomic mass is 10.0. The molecule has 110 valence electrons. The van der Waals surface area contributed by atoms with Crippen LogP contribution in [0.5, 0.6) is 0 Å². The predicted octanol–water partition coefficient (Wildman–Crippen LogP) is 3.07. The van der Waals surface area contributed by atoms with Gasteiger partial charge < -0.3 is 15.0 Å². The Labute approximate surface area is 115 Å². The van der Waals surface area contributed by atoms with E-state index in [1.165, 1.54) is 0 Å². The zero-order chi connectivity index (χ0) is 14.8. The van der Waals surface area contributed by atoms with Gasteiger partial charge in [-0.1, -0.05) is 12.1 Å². The van der Waals surface area contributed by atoms with Gasteiger partial charge in [0.2, 0.25) is 0 Å². The molecule has 1 aromatic carbocycles. The van der Waals surface area contributed by atoms with Gasteiger partial charge >= 0.3 is 6.18 Å². The summed E-state index contributed by atoms with van der Waals surface area (Å²) in [6.07, 6.45) is -1.85. The minimum absolute atomic E-state index is 0.0328. The number of hydrogen-bond acceptors (Lipinski definition) is 2. The molecule has 0 aliphatic heterocycles. The van der Waals surface area contributed by atoms with Crippen molar-refractivity contribution >= 4 is 10.9 Å². The molecule has 3 nitrogen and oxygen atoms in total. The lowest BCUT2D eigenvalue weighted by molar-refractivity contribution is -0.181. The first kappa shape index (κ1) is 14.9. The van der Waals surface area contributed by atoms with Crippen molar-refractivity contribution in [1.29, 1.82) is 0 Å². The second kappa shape index (κ2) is 5.85. The average Bonchev–Trinajstić information content (AvgIpc) is 2.71. The first-order valence-corrected chi connectivity index (χ1v) is 6.33. The number of hydrogen-bond donors (Lipinski definition) is 1. The smallest absolute Gasteiger partial charge is 0.351 e. The van der Waals surface area contributed by atoms with Crippen LogP contribution in [0.3, 0.4) is 0 Å². The highest BCUT2D eigenvalue weighted by atomic mass is 19.4. The number of alkyl halides is 3. The van der Waals surface area contributed by atoms with Crippen LogP contribution in [-0.4, -0.2) is 23.4 Å². The topological polar surface area (TPSA) is 40.2 Å². The predicted molar refractivity (Wildman–Crippen MR) is 71.3 cm³/mol. The van der Waals surface area contributed by atoms with E-state index in [1.54, 1.807) is 10.8 Å². The third-order valence-electron chi connectivity index (χ3n) is 2.94. The lowest BCUT2D eigenvalue weighted by Gasteiger charge is -2.10. The Kier molecular flexibility index (Phi) is 4.35. The van der Waals surface area contributed by atoms with Crippen molar-refractivity contribution in [2.24, 2.45) is 5.73 Å². The van der Waals surface area contributed by atoms with Crippen molar-refractivity contribution in [3.8, 4) is 0 Å². The molecule has 1 atom stereocenters. The fourth-order valence-corrected chi connectivity index (χ4v) is 2.18. The molecule has 0 radical (unpaired) electrons. The Morgan fingerprint density at radius 2 is 2.05 bits per heavy atom. The van der Waals surface area contributed by atoms with Gasteiger partial charge in [0, 0.05) is 17.6 Å². The van der Waals surface area contributed by atoms with E-state index in [2.05, 4.69) is 4.74 Å². The third-order valence-corrected chi connectivity index (χ3v) is 2.94. The monoisotopic (exact) mass is 286 g/mol. The van der Waals surface area contributed by atoms with Gasteiger partial charge in [0.15, 0.2) is 0 Å². The Morgan fingerprint density at radius 1 is 1.30 bits per heavy atom. The van der Waals surface area contributed by atoms with Crippen molar-refractivity contribution < 1.29 is 17.9 Å². The fraction of sp³-hybridized carbons (Fsp3) is 0.429. The summed E-state index contributed by atoms with van der Waals surface area (Å²) >= 11 is 0. The molecule has 20 heavy (non-hydrogen) atoms. The van der Waals surface area contributed by atoms with Crippen LogP contribution in [0.1, 0.15) is 12.5 Å². The molecule has 6 heteroatoms. The van der Waals surface area contributed by atoms with Crippen molar-refractivity contribution in [3.63, 3.8) is 0 Å². The van der Waals surface area contributed by atoms with Crippen molar-refractivity contribution in [2.75, 3.05) is 6.61 Å². The SMILES string of the molecule is CC(N)Cc1cccc2c1ccn2COCC(F)(F)F. The third kappa shape index (κ3) is 3.74. The number of fused-ring (bicyclic) bond motifs is 1. The minimum Gasteiger partial charge on any atom is -0.351 e. The van der Waals surface area contributed by atoms with Crippen LogP contribution in [0.15, 0.2) is 30.5 Å². The summed E-state index contributed by atoms with van der Waals surface area (Å²) in [5, 5.41) is 1.00. The maximum Gasteiger partial charge on any atom is 0.411 e. The summed E-state index contributed by atoms with van der Waals surface area (Å²) in [6.45, 7) is 0.555. The summed E-state index contributed by atoms with van der Waals surface area (Å²) in [5.41, 5.74) is 7.74. The van der Waals surface area contributed by atoms with Gasteiger partial charge in [-0.3, -0.25) is 0 Å². The number of halogens is 3. The van der Waals surface area contributed by atoms with Crippen LogP contribution >= 0.6 is 0 Å². The van der Waals surface area contributed by atoms with E-state index >= 15 is 0 Å². The highest BCUT2D eigenvalue weighted by Gasteiger charge is 2.27. The number of nitrogens with two attached hydrogens (primary N) is 1. The van der Waals surface area contributed by atoms with Crippen LogP contribution in [0, 0.1) is 0 Å². The molecule has 0 bridgehead atoms. The molecule has 0 saturated carbocycles. The molecular weight excluding hydrogens is 269 g/mol. The Hall–Kier alpha value is -1.53. The van der Waals surface area contributed by atoms with E-state index in [4.69, 9.17) is 5.73 Å². The standard InChI is InChI=1S/C14H17F3N2O/c1-10(18)7-11-3-2-4-13-12(11)5-6-19(13)9-20-8-14(15,16)17/h2-6,10H,7-9,18H2,1H3. The molecule has 1 aromatic heterocycles. The van der Waals surface area contributed by atoms with E-state index in [0.29, 0.717) is 0 Å². The minimum atomic E-state index is -4.30. The Balaban J connectivity index is 2.16. The Morgan fingerprint density at radius 3 is 2.70 bits per heavy atom. The molecule has 0 spiro atoms. The van der Waals surface area contributed by atoms with Gasteiger partial charge in [-0.05, 0) is 31.0 Å². The van der Waals surface area contributed by atoms with Crippen LogP contribution in [0.25, 0.3) is 10.9 Å². The van der Waals surface area contributed by atoms with Gasteiger partial charge in [0.05, 0.1) is 5.52 Å². The summed E-state index contributed by atoms with van der Waals surface area (Å²) in [4.78, 5) is 0. The first-order chi connectivity index (χ1) is 9.37. The zero-order valence-corrected chi connectivity index (χ0v) is 11.2. The van der Waals surface area contributed by atoms with Crippen LogP contribution in [0.2, 0.25) is 0 Å². The van der Waals surface area contributed by atoms with E-state index in [9.17, 15) is 13.2 Å². The van der Waals surface area contributed by atoms with Crippen LogP contribution in [-0.2, 0) is 17.9 Å². The quantitative estimate of drug-likeness (QED) is 0.917. The second-order valence-electron chi connectivity index (χ2n) is 4.91. The molecule has 2 N–H and O–H groups in total. The Bertz CT molecular complexity index is 575. The molecule has 0 fully saturated rings. The molecule has 2 rings (SSSR count). The number of benzene rings is 1. The summed E-state index contributed by atoms with van der Waals surface area (Å²) < 4.78 is 42.5. The van der Waals surface area contributed by atoms with Crippen LogP contribution in [0.4, 0.5) is 13.2 Å². The number of nitrogens with zero attached hydrogens (tertiary/aromatic N) is 1. The maximum atomic E-state index is 12.1. The zero-order valence-electron chi connectivity index (χ0n) is 11.2. The molecule has 0 amide bonds. The van der Waals surface area contributed by atoms with E-state index in [1.807, 2.05) is 31.2 Å². The number of ether oxygens (including phenoxy) is 1. The summed E-state index contributed by atoms with van der Waals surface area (Å²) in [7, 11) is 0. The van der Waals surface area contributed by atoms with Crippen molar-refractivity contribution in [2.45, 2.75) is 32.3 Å². The fourth-order valence-electron chi connectivity index (χ4n) is 2.18. The van der Waals surface area contributed by atoms with E-state index in [-0.39, 0.29) is 12.8 Å². The van der Waals surface area contributed by atoms with Crippen molar-refractivity contribution in [3.05, 3.63) is 36.0 Å². The maximum absolute atomic E-state index is 12.1. The van der Waals surface area contributed by atoms with Gasteiger partial charge in [-0.25, -0.2) is 0 Å².